The molecule has 2 aromatic carbocycles. The van der Waals surface area contributed by atoms with Crippen LogP contribution in [-0.2, 0) is 9.59 Å². The van der Waals surface area contributed by atoms with Crippen molar-refractivity contribution < 1.29 is 14.3 Å². The normalized spacial score (nSPS) is 16.7. The molecule has 1 N–H and O–H groups in total. The summed E-state index contributed by atoms with van der Waals surface area (Å²) in [6, 6.07) is 14.8. The molecule has 1 heterocycles. The third kappa shape index (κ3) is 3.30. The van der Waals surface area contributed by atoms with Crippen LogP contribution in [0.5, 0.6) is 5.75 Å². The number of likely N-dealkylation sites (N-methyl/N-ethyl adjacent to an activating group) is 1. The molecule has 3 rings (SSSR count). The SMILES string of the molecule is C[C@H]1Oc2ccc(NC(=O)/C=C/c3ccccc3)cc2N(C)C1=O. The molecule has 0 fully saturated rings. The van der Waals surface area contributed by atoms with Crippen molar-refractivity contribution in [2.45, 2.75) is 13.0 Å². The van der Waals surface area contributed by atoms with Gasteiger partial charge in [-0.3, -0.25) is 9.59 Å². The minimum absolute atomic E-state index is 0.116. The maximum atomic E-state index is 12.0. The van der Waals surface area contributed by atoms with E-state index in [9.17, 15) is 9.59 Å². The maximum absolute atomic E-state index is 12.0. The van der Waals surface area contributed by atoms with Crippen LogP contribution in [0.1, 0.15) is 12.5 Å². The van der Waals surface area contributed by atoms with Crippen LogP contribution in [-0.4, -0.2) is 25.0 Å². The molecule has 1 aliphatic heterocycles. The minimum atomic E-state index is -0.503. The summed E-state index contributed by atoms with van der Waals surface area (Å²) in [4.78, 5) is 25.6. The molecule has 2 aromatic rings. The Balaban J connectivity index is 1.73. The van der Waals surface area contributed by atoms with Gasteiger partial charge in [0.25, 0.3) is 5.91 Å². The first kappa shape index (κ1) is 15.8. The summed E-state index contributed by atoms with van der Waals surface area (Å²) >= 11 is 0. The average molecular weight is 322 g/mol. The second kappa shape index (κ2) is 6.58. The van der Waals surface area contributed by atoms with Crippen molar-refractivity contribution in [2.75, 3.05) is 17.3 Å². The monoisotopic (exact) mass is 322 g/mol. The van der Waals surface area contributed by atoms with Gasteiger partial charge in [-0.05, 0) is 36.8 Å². The Morgan fingerprint density at radius 3 is 2.71 bits per heavy atom. The Labute approximate surface area is 140 Å². The summed E-state index contributed by atoms with van der Waals surface area (Å²) in [7, 11) is 1.70. The summed E-state index contributed by atoms with van der Waals surface area (Å²) in [5.74, 6) is 0.273. The van der Waals surface area contributed by atoms with Crippen LogP contribution >= 0.6 is 0 Å². The molecule has 2 amide bonds. The molecular weight excluding hydrogens is 304 g/mol. The van der Waals surface area contributed by atoms with E-state index in [2.05, 4.69) is 5.32 Å². The zero-order valence-electron chi connectivity index (χ0n) is 13.5. The van der Waals surface area contributed by atoms with Crippen LogP contribution in [0.4, 0.5) is 11.4 Å². The van der Waals surface area contributed by atoms with Gasteiger partial charge in [-0.15, -0.1) is 0 Å². The zero-order chi connectivity index (χ0) is 17.1. The van der Waals surface area contributed by atoms with Gasteiger partial charge in [0.2, 0.25) is 5.91 Å². The number of nitrogens with zero attached hydrogens (tertiary/aromatic N) is 1. The molecule has 5 heteroatoms. The van der Waals surface area contributed by atoms with E-state index >= 15 is 0 Å². The molecule has 0 aliphatic carbocycles. The van der Waals surface area contributed by atoms with Crippen molar-refractivity contribution in [2.24, 2.45) is 0 Å². The van der Waals surface area contributed by atoms with Gasteiger partial charge < -0.3 is 15.0 Å². The number of hydrogen-bond acceptors (Lipinski definition) is 3. The number of ether oxygens (including phenoxy) is 1. The minimum Gasteiger partial charge on any atom is -0.479 e. The fourth-order valence-electron chi connectivity index (χ4n) is 2.51. The van der Waals surface area contributed by atoms with Crippen molar-refractivity contribution in [1.82, 2.24) is 0 Å². The summed E-state index contributed by atoms with van der Waals surface area (Å²) in [6.07, 6.45) is 2.72. The highest BCUT2D eigenvalue weighted by Crippen LogP contribution is 2.35. The molecule has 0 spiro atoms. The molecule has 0 saturated carbocycles. The first-order valence-corrected chi connectivity index (χ1v) is 7.67. The predicted molar refractivity (Wildman–Crippen MR) is 94.0 cm³/mol. The summed E-state index contributed by atoms with van der Waals surface area (Å²) in [5, 5.41) is 2.79. The summed E-state index contributed by atoms with van der Waals surface area (Å²) < 4.78 is 5.56. The smallest absolute Gasteiger partial charge is 0.267 e. The third-order valence-electron chi connectivity index (χ3n) is 3.80. The number of hydrogen-bond donors (Lipinski definition) is 1. The second-order valence-corrected chi connectivity index (χ2v) is 5.57. The first-order chi connectivity index (χ1) is 11.5. The van der Waals surface area contributed by atoms with Crippen LogP contribution in [0.2, 0.25) is 0 Å². The van der Waals surface area contributed by atoms with Gasteiger partial charge in [-0.2, -0.15) is 0 Å². The highest BCUT2D eigenvalue weighted by atomic mass is 16.5. The van der Waals surface area contributed by atoms with Gasteiger partial charge in [0.1, 0.15) is 5.75 Å². The first-order valence-electron chi connectivity index (χ1n) is 7.67. The van der Waals surface area contributed by atoms with Gasteiger partial charge in [0, 0.05) is 18.8 Å². The lowest BCUT2D eigenvalue weighted by Gasteiger charge is -2.30. The van der Waals surface area contributed by atoms with E-state index in [4.69, 9.17) is 4.74 Å². The molecule has 5 nitrogen and oxygen atoms in total. The summed E-state index contributed by atoms with van der Waals surface area (Å²) in [5.41, 5.74) is 2.20. The van der Waals surface area contributed by atoms with Gasteiger partial charge in [0.05, 0.1) is 5.69 Å². The van der Waals surface area contributed by atoms with E-state index in [1.165, 1.54) is 6.08 Å². The van der Waals surface area contributed by atoms with E-state index in [-0.39, 0.29) is 11.8 Å². The Kier molecular flexibility index (Phi) is 4.33. The number of anilines is 2. The lowest BCUT2D eigenvalue weighted by molar-refractivity contribution is -0.125. The van der Waals surface area contributed by atoms with Gasteiger partial charge in [0.15, 0.2) is 6.10 Å². The summed E-state index contributed by atoms with van der Waals surface area (Å²) in [6.45, 7) is 1.71. The van der Waals surface area contributed by atoms with Crippen LogP contribution in [0.3, 0.4) is 0 Å². The molecule has 0 unspecified atom stereocenters. The van der Waals surface area contributed by atoms with E-state index in [1.807, 2.05) is 30.3 Å². The maximum Gasteiger partial charge on any atom is 0.267 e. The number of fused-ring (bicyclic) bond motifs is 1. The molecule has 24 heavy (non-hydrogen) atoms. The van der Waals surface area contributed by atoms with Crippen molar-refractivity contribution in [1.29, 1.82) is 0 Å². The largest absolute Gasteiger partial charge is 0.479 e. The van der Waals surface area contributed by atoms with Crippen LogP contribution < -0.4 is 15.0 Å². The van der Waals surface area contributed by atoms with Crippen molar-refractivity contribution in [3.8, 4) is 5.75 Å². The fraction of sp³-hybridized carbons (Fsp3) is 0.158. The van der Waals surface area contributed by atoms with Gasteiger partial charge in [-0.25, -0.2) is 0 Å². The van der Waals surface area contributed by atoms with Crippen LogP contribution in [0.25, 0.3) is 6.08 Å². The standard InChI is InChI=1S/C19H18N2O3/c1-13-19(23)21(2)16-12-15(9-10-17(16)24-13)20-18(22)11-8-14-6-4-3-5-7-14/h3-13H,1-2H3,(H,20,22)/b11-8+/t13-/m1/s1. The number of carbonyl (C=O) groups is 2. The molecule has 1 aliphatic rings. The molecule has 122 valence electrons. The molecule has 0 aromatic heterocycles. The fourth-order valence-corrected chi connectivity index (χ4v) is 2.51. The lowest BCUT2D eigenvalue weighted by atomic mass is 10.2. The third-order valence-corrected chi connectivity index (χ3v) is 3.80. The molecule has 0 saturated heterocycles. The number of nitrogens with one attached hydrogen (secondary N) is 1. The van der Waals surface area contributed by atoms with Gasteiger partial charge in [-0.1, -0.05) is 30.3 Å². The second-order valence-electron chi connectivity index (χ2n) is 5.57. The van der Waals surface area contributed by atoms with Gasteiger partial charge >= 0.3 is 0 Å². The van der Waals surface area contributed by atoms with Crippen molar-refractivity contribution in [3.63, 3.8) is 0 Å². The highest BCUT2D eigenvalue weighted by molar-refractivity contribution is 6.04. The van der Waals surface area contributed by atoms with E-state index < -0.39 is 6.10 Å². The van der Waals surface area contributed by atoms with E-state index in [0.29, 0.717) is 17.1 Å². The number of rotatable bonds is 3. The Bertz CT molecular complexity index is 800. The molecule has 0 radical (unpaired) electrons. The quantitative estimate of drug-likeness (QED) is 0.884. The van der Waals surface area contributed by atoms with Crippen molar-refractivity contribution in [3.05, 3.63) is 60.2 Å². The van der Waals surface area contributed by atoms with E-state index in [0.717, 1.165) is 5.56 Å². The topological polar surface area (TPSA) is 58.6 Å². The van der Waals surface area contributed by atoms with Crippen LogP contribution in [0, 0.1) is 0 Å². The van der Waals surface area contributed by atoms with E-state index in [1.54, 1.807) is 43.1 Å². The van der Waals surface area contributed by atoms with Crippen molar-refractivity contribution >= 4 is 29.3 Å². The Morgan fingerprint density at radius 1 is 1.21 bits per heavy atom. The van der Waals surface area contributed by atoms with Crippen LogP contribution in [0.15, 0.2) is 54.6 Å². The Hall–Kier alpha value is -3.08. The zero-order valence-corrected chi connectivity index (χ0v) is 13.5. The predicted octanol–water partition coefficient (Wildman–Crippen LogP) is 3.08. The number of amides is 2. The average Bonchev–Trinajstić information content (AvgIpc) is 2.59. The highest BCUT2D eigenvalue weighted by Gasteiger charge is 2.28. The number of benzene rings is 2. The number of carbonyl (C=O) groups excluding carboxylic acids is 2. The molecule has 0 bridgehead atoms. The molecular formula is C19H18N2O3. The Morgan fingerprint density at radius 2 is 1.96 bits per heavy atom. The lowest BCUT2D eigenvalue weighted by Crippen LogP contribution is -2.41. The molecule has 1 atom stereocenters.